The van der Waals surface area contributed by atoms with Crippen LogP contribution in [0.5, 0.6) is 0 Å². The number of anilines is 1. The minimum Gasteiger partial charge on any atom is -0.398 e. The molecule has 0 spiro atoms. The van der Waals surface area contributed by atoms with Crippen LogP contribution in [0.25, 0.3) is 0 Å². The van der Waals surface area contributed by atoms with Gasteiger partial charge in [0.05, 0.1) is 11.7 Å². The maximum absolute atomic E-state index is 12.7. The van der Waals surface area contributed by atoms with E-state index in [9.17, 15) is 18.3 Å². The maximum Gasteiger partial charge on any atom is 0.416 e. The van der Waals surface area contributed by atoms with E-state index in [0.29, 0.717) is 0 Å². The molecule has 1 aromatic carbocycles. The number of nitrogen functional groups attached to an aromatic ring is 1. The van der Waals surface area contributed by atoms with E-state index in [4.69, 9.17) is 5.73 Å². The summed E-state index contributed by atoms with van der Waals surface area (Å²) in [4.78, 5) is 0.862. The van der Waals surface area contributed by atoms with Crippen molar-refractivity contribution in [2.45, 2.75) is 18.7 Å². The van der Waals surface area contributed by atoms with Gasteiger partial charge in [-0.25, -0.2) is 0 Å². The van der Waals surface area contributed by atoms with Crippen molar-refractivity contribution in [1.82, 2.24) is 0 Å². The Balaban J connectivity index is 2.27. The molecule has 20 heavy (non-hydrogen) atoms. The second-order valence-corrected chi connectivity index (χ2v) is 6.20. The van der Waals surface area contributed by atoms with E-state index < -0.39 is 17.8 Å². The lowest BCUT2D eigenvalue weighted by Crippen LogP contribution is -2.10. The number of aliphatic hydroxyl groups is 1. The van der Waals surface area contributed by atoms with Crippen molar-refractivity contribution in [1.29, 1.82) is 0 Å². The van der Waals surface area contributed by atoms with Crippen LogP contribution in [0.3, 0.4) is 0 Å². The van der Waals surface area contributed by atoms with Gasteiger partial charge in [-0.05, 0) is 40.2 Å². The maximum atomic E-state index is 12.7. The highest BCUT2D eigenvalue weighted by Crippen LogP contribution is 2.34. The first-order chi connectivity index (χ1) is 9.27. The summed E-state index contributed by atoms with van der Waals surface area (Å²) >= 11 is 4.70. The average Bonchev–Trinajstić information content (AvgIpc) is 2.73. The average molecular weight is 366 g/mol. The molecule has 0 fully saturated rings. The molecule has 1 atom stereocenters. The van der Waals surface area contributed by atoms with Crippen LogP contribution in [-0.2, 0) is 12.6 Å². The lowest BCUT2D eigenvalue weighted by molar-refractivity contribution is -0.137. The summed E-state index contributed by atoms with van der Waals surface area (Å²) in [7, 11) is 0. The standard InChI is InChI=1S/C13H11BrF3NOS/c14-8-4-9(20-6-8)5-12(19)10-3-7(13(15,16)17)1-2-11(10)18/h1-4,6,12,19H,5,18H2. The Morgan fingerprint density at radius 1 is 1.30 bits per heavy atom. The van der Waals surface area contributed by atoms with Crippen LogP contribution in [0, 0.1) is 0 Å². The van der Waals surface area contributed by atoms with E-state index in [1.165, 1.54) is 17.4 Å². The second-order valence-electron chi connectivity index (χ2n) is 4.29. The van der Waals surface area contributed by atoms with Crippen LogP contribution in [0.2, 0.25) is 0 Å². The molecule has 0 saturated carbocycles. The zero-order valence-electron chi connectivity index (χ0n) is 10.1. The number of hydrogen-bond acceptors (Lipinski definition) is 3. The van der Waals surface area contributed by atoms with E-state index in [2.05, 4.69) is 15.9 Å². The number of thiophene rings is 1. The van der Waals surface area contributed by atoms with Crippen LogP contribution >= 0.6 is 27.3 Å². The Bertz CT molecular complexity index is 612. The first kappa shape index (κ1) is 15.3. The first-order valence-electron chi connectivity index (χ1n) is 5.65. The molecule has 0 saturated heterocycles. The molecule has 0 aliphatic carbocycles. The van der Waals surface area contributed by atoms with Crippen molar-refractivity contribution < 1.29 is 18.3 Å². The molecular weight excluding hydrogens is 355 g/mol. The van der Waals surface area contributed by atoms with Gasteiger partial charge in [0, 0.05) is 32.4 Å². The molecule has 2 aromatic rings. The number of halogens is 4. The Hall–Kier alpha value is -1.05. The van der Waals surface area contributed by atoms with Crippen molar-refractivity contribution in [2.75, 3.05) is 5.73 Å². The van der Waals surface area contributed by atoms with E-state index in [-0.39, 0.29) is 17.7 Å². The van der Waals surface area contributed by atoms with Crippen LogP contribution in [0.4, 0.5) is 18.9 Å². The largest absolute Gasteiger partial charge is 0.416 e. The molecule has 1 aromatic heterocycles. The molecule has 0 amide bonds. The fourth-order valence-corrected chi connectivity index (χ4v) is 3.29. The van der Waals surface area contributed by atoms with Gasteiger partial charge in [0.15, 0.2) is 0 Å². The van der Waals surface area contributed by atoms with E-state index in [0.717, 1.165) is 21.5 Å². The molecule has 0 aliphatic heterocycles. The lowest BCUT2D eigenvalue weighted by Gasteiger charge is -2.15. The van der Waals surface area contributed by atoms with Crippen molar-refractivity contribution in [2.24, 2.45) is 0 Å². The molecule has 1 unspecified atom stereocenters. The number of benzene rings is 1. The fourth-order valence-electron chi connectivity index (χ4n) is 1.80. The lowest BCUT2D eigenvalue weighted by atomic mass is 10.0. The van der Waals surface area contributed by atoms with Crippen LogP contribution in [0.1, 0.15) is 22.1 Å². The molecule has 0 bridgehead atoms. The molecule has 7 heteroatoms. The Morgan fingerprint density at radius 2 is 2.00 bits per heavy atom. The van der Waals surface area contributed by atoms with Crippen LogP contribution in [-0.4, -0.2) is 5.11 Å². The molecule has 108 valence electrons. The molecule has 3 N–H and O–H groups in total. The summed E-state index contributed by atoms with van der Waals surface area (Å²) in [5, 5.41) is 11.9. The van der Waals surface area contributed by atoms with Gasteiger partial charge in [0.1, 0.15) is 0 Å². The molecule has 2 rings (SSSR count). The molecular formula is C13H11BrF3NOS. The van der Waals surface area contributed by atoms with Gasteiger partial charge < -0.3 is 10.8 Å². The van der Waals surface area contributed by atoms with Gasteiger partial charge in [-0.3, -0.25) is 0 Å². The summed E-state index contributed by atoms with van der Waals surface area (Å²) in [5.41, 5.74) is 5.10. The quantitative estimate of drug-likeness (QED) is 0.792. The van der Waals surface area contributed by atoms with E-state index in [1.54, 1.807) is 0 Å². The predicted octanol–water partition coefficient (Wildman–Crippen LogP) is 4.39. The highest BCUT2D eigenvalue weighted by atomic mass is 79.9. The second kappa shape index (κ2) is 5.75. The summed E-state index contributed by atoms with van der Waals surface area (Å²) < 4.78 is 38.9. The number of nitrogens with two attached hydrogens (primary N) is 1. The van der Waals surface area contributed by atoms with Gasteiger partial charge >= 0.3 is 6.18 Å². The van der Waals surface area contributed by atoms with E-state index >= 15 is 0 Å². The highest BCUT2D eigenvalue weighted by Gasteiger charge is 2.31. The first-order valence-corrected chi connectivity index (χ1v) is 7.32. The van der Waals surface area contributed by atoms with Gasteiger partial charge in [-0.1, -0.05) is 0 Å². The zero-order valence-corrected chi connectivity index (χ0v) is 12.5. The number of alkyl halides is 3. The molecule has 2 nitrogen and oxygen atoms in total. The highest BCUT2D eigenvalue weighted by molar-refractivity contribution is 9.10. The van der Waals surface area contributed by atoms with Crippen molar-refractivity contribution in [3.05, 3.63) is 50.1 Å². The molecule has 1 heterocycles. The molecule has 0 radical (unpaired) electrons. The van der Waals surface area contributed by atoms with Crippen LogP contribution < -0.4 is 5.73 Å². The van der Waals surface area contributed by atoms with Crippen LogP contribution in [0.15, 0.2) is 34.1 Å². The SMILES string of the molecule is Nc1ccc(C(F)(F)F)cc1C(O)Cc1cc(Br)cs1. The Labute approximate surface area is 126 Å². The van der Waals surface area contributed by atoms with Crippen molar-refractivity contribution >= 4 is 33.0 Å². The predicted molar refractivity (Wildman–Crippen MR) is 76.5 cm³/mol. The summed E-state index contributed by atoms with van der Waals surface area (Å²) in [6.07, 6.45) is -5.29. The van der Waals surface area contributed by atoms with E-state index in [1.807, 2.05) is 11.4 Å². The topological polar surface area (TPSA) is 46.2 Å². The summed E-state index contributed by atoms with van der Waals surface area (Å²) in [6, 6.07) is 4.80. The third-order valence-corrected chi connectivity index (χ3v) is 4.51. The fraction of sp³-hybridized carbons (Fsp3) is 0.231. The minimum absolute atomic E-state index is 0.101. The molecule has 0 aliphatic rings. The number of rotatable bonds is 3. The van der Waals surface area contributed by atoms with Gasteiger partial charge in [0.25, 0.3) is 0 Å². The van der Waals surface area contributed by atoms with Crippen molar-refractivity contribution in [3.63, 3.8) is 0 Å². The zero-order chi connectivity index (χ0) is 14.9. The van der Waals surface area contributed by atoms with Gasteiger partial charge in [-0.15, -0.1) is 11.3 Å². The van der Waals surface area contributed by atoms with Gasteiger partial charge in [-0.2, -0.15) is 13.2 Å². The van der Waals surface area contributed by atoms with Crippen molar-refractivity contribution in [3.8, 4) is 0 Å². The summed E-state index contributed by atoms with van der Waals surface area (Å²) in [6.45, 7) is 0. The number of aliphatic hydroxyl groups excluding tert-OH is 1. The Morgan fingerprint density at radius 3 is 2.55 bits per heavy atom. The number of hydrogen-bond donors (Lipinski definition) is 2. The smallest absolute Gasteiger partial charge is 0.398 e. The third-order valence-electron chi connectivity index (χ3n) is 2.79. The Kier molecular flexibility index (Phi) is 4.41. The third kappa shape index (κ3) is 3.53. The minimum atomic E-state index is -4.45. The normalized spacial score (nSPS) is 13.4. The van der Waals surface area contributed by atoms with Gasteiger partial charge in [0.2, 0.25) is 0 Å². The summed E-state index contributed by atoms with van der Waals surface area (Å²) in [5.74, 6) is 0. The monoisotopic (exact) mass is 365 g/mol.